The highest BCUT2D eigenvalue weighted by molar-refractivity contribution is 6.30. The Labute approximate surface area is 144 Å². The third kappa shape index (κ3) is 3.91. The number of hydrogen-bond donors (Lipinski definition) is 2. The van der Waals surface area contributed by atoms with Crippen molar-refractivity contribution in [1.29, 1.82) is 0 Å². The number of aryl methyl sites for hydroxylation is 1. The van der Waals surface area contributed by atoms with Gasteiger partial charge in [-0.1, -0.05) is 11.6 Å². The highest BCUT2D eigenvalue weighted by Gasteiger charge is 2.05. The largest absolute Gasteiger partial charge is 0.497 e. The molecular weight excluding hydrogens is 326 g/mol. The van der Waals surface area contributed by atoms with Crippen molar-refractivity contribution in [3.63, 3.8) is 0 Å². The summed E-state index contributed by atoms with van der Waals surface area (Å²) in [5.41, 5.74) is 2.76. The molecular formula is C17H16ClN5O. The third-order valence-electron chi connectivity index (χ3n) is 3.36. The van der Waals surface area contributed by atoms with Gasteiger partial charge in [0.05, 0.1) is 13.3 Å². The molecule has 3 rings (SSSR count). The first kappa shape index (κ1) is 16.0. The maximum atomic E-state index is 5.97. The first-order chi connectivity index (χ1) is 11.6. The zero-order valence-corrected chi connectivity index (χ0v) is 14.0. The molecule has 0 aliphatic rings. The predicted octanol–water partition coefficient (Wildman–Crippen LogP) is 4.33. The van der Waals surface area contributed by atoms with E-state index in [1.807, 2.05) is 49.4 Å². The fourth-order valence-corrected chi connectivity index (χ4v) is 2.35. The number of ether oxygens (including phenoxy) is 1. The normalized spacial score (nSPS) is 10.3. The fraction of sp³-hybridized carbons (Fsp3) is 0.118. The van der Waals surface area contributed by atoms with Crippen LogP contribution in [-0.4, -0.2) is 22.3 Å². The number of nitrogens with one attached hydrogen (secondary N) is 2. The SMILES string of the molecule is COc1ccc(Nc2cnnc(Nc3ccc(Cl)cc3C)n2)cc1. The van der Waals surface area contributed by atoms with Gasteiger partial charge < -0.3 is 15.4 Å². The molecule has 3 aromatic rings. The molecule has 0 unspecified atom stereocenters. The summed E-state index contributed by atoms with van der Waals surface area (Å²) >= 11 is 5.97. The number of anilines is 4. The van der Waals surface area contributed by atoms with Crippen LogP contribution in [0.25, 0.3) is 0 Å². The highest BCUT2D eigenvalue weighted by atomic mass is 35.5. The lowest BCUT2D eigenvalue weighted by atomic mass is 10.2. The monoisotopic (exact) mass is 341 g/mol. The number of rotatable bonds is 5. The van der Waals surface area contributed by atoms with Crippen molar-refractivity contribution in [3.05, 3.63) is 59.2 Å². The van der Waals surface area contributed by atoms with Gasteiger partial charge in [0.25, 0.3) is 0 Å². The summed E-state index contributed by atoms with van der Waals surface area (Å²) in [6.07, 6.45) is 1.56. The van der Waals surface area contributed by atoms with Crippen molar-refractivity contribution in [2.24, 2.45) is 0 Å². The number of benzene rings is 2. The van der Waals surface area contributed by atoms with Crippen molar-refractivity contribution < 1.29 is 4.74 Å². The molecule has 0 amide bonds. The first-order valence-electron chi connectivity index (χ1n) is 7.28. The molecule has 2 aromatic carbocycles. The summed E-state index contributed by atoms with van der Waals surface area (Å²) in [5, 5.41) is 15.0. The molecule has 0 saturated heterocycles. The fourth-order valence-electron chi connectivity index (χ4n) is 2.13. The molecule has 0 saturated carbocycles. The molecule has 6 nitrogen and oxygen atoms in total. The molecule has 0 atom stereocenters. The van der Waals surface area contributed by atoms with Gasteiger partial charge in [0, 0.05) is 16.4 Å². The standard InChI is InChI=1S/C17H16ClN5O/c1-11-9-12(18)3-8-15(11)21-17-22-16(10-19-23-17)20-13-4-6-14(24-2)7-5-13/h3-10H,1-2H3,(H2,20,21,22,23). The van der Waals surface area contributed by atoms with E-state index in [1.165, 1.54) is 0 Å². The minimum Gasteiger partial charge on any atom is -0.497 e. The lowest BCUT2D eigenvalue weighted by molar-refractivity contribution is 0.415. The lowest BCUT2D eigenvalue weighted by Gasteiger charge is -2.10. The topological polar surface area (TPSA) is 72.0 Å². The van der Waals surface area contributed by atoms with Gasteiger partial charge in [0.1, 0.15) is 5.75 Å². The highest BCUT2D eigenvalue weighted by Crippen LogP contribution is 2.23. The summed E-state index contributed by atoms with van der Waals surface area (Å²) in [6.45, 7) is 1.96. The van der Waals surface area contributed by atoms with Gasteiger partial charge in [0.2, 0.25) is 5.95 Å². The summed E-state index contributed by atoms with van der Waals surface area (Å²) in [5.74, 6) is 1.78. The molecule has 0 bridgehead atoms. The molecule has 7 heteroatoms. The van der Waals surface area contributed by atoms with E-state index >= 15 is 0 Å². The molecule has 0 fully saturated rings. The van der Waals surface area contributed by atoms with E-state index in [-0.39, 0.29) is 0 Å². The van der Waals surface area contributed by atoms with Crippen LogP contribution in [0.4, 0.5) is 23.1 Å². The minimum absolute atomic E-state index is 0.402. The van der Waals surface area contributed by atoms with Gasteiger partial charge in [-0.05, 0) is 55.0 Å². The van der Waals surface area contributed by atoms with Gasteiger partial charge in [-0.15, -0.1) is 5.10 Å². The van der Waals surface area contributed by atoms with Crippen LogP contribution in [0.3, 0.4) is 0 Å². The summed E-state index contributed by atoms with van der Waals surface area (Å²) in [4.78, 5) is 4.41. The molecule has 2 N–H and O–H groups in total. The second-order valence-corrected chi connectivity index (χ2v) is 5.54. The molecule has 1 aromatic heterocycles. The van der Waals surface area contributed by atoms with Crippen LogP contribution >= 0.6 is 11.6 Å². The van der Waals surface area contributed by atoms with Crippen LogP contribution in [-0.2, 0) is 0 Å². The molecule has 0 aliphatic heterocycles. The number of methoxy groups -OCH3 is 1. The molecule has 0 radical (unpaired) electrons. The molecule has 24 heavy (non-hydrogen) atoms. The Hall–Kier alpha value is -2.86. The summed E-state index contributed by atoms with van der Waals surface area (Å²) in [6, 6.07) is 13.1. The number of nitrogens with zero attached hydrogens (tertiary/aromatic N) is 3. The molecule has 1 heterocycles. The first-order valence-corrected chi connectivity index (χ1v) is 7.66. The maximum absolute atomic E-state index is 5.97. The Morgan fingerprint density at radius 3 is 2.54 bits per heavy atom. The van der Waals surface area contributed by atoms with Crippen LogP contribution in [0.5, 0.6) is 5.75 Å². The van der Waals surface area contributed by atoms with E-state index < -0.39 is 0 Å². The average molecular weight is 342 g/mol. The number of aromatic nitrogens is 3. The third-order valence-corrected chi connectivity index (χ3v) is 3.59. The Morgan fingerprint density at radius 1 is 1.04 bits per heavy atom. The van der Waals surface area contributed by atoms with Crippen LogP contribution in [0, 0.1) is 6.92 Å². The Balaban J connectivity index is 1.75. The van der Waals surface area contributed by atoms with Gasteiger partial charge >= 0.3 is 0 Å². The summed E-state index contributed by atoms with van der Waals surface area (Å²) < 4.78 is 5.14. The Morgan fingerprint density at radius 2 is 1.83 bits per heavy atom. The molecule has 0 spiro atoms. The van der Waals surface area contributed by atoms with E-state index in [2.05, 4.69) is 25.8 Å². The number of halogens is 1. The lowest BCUT2D eigenvalue weighted by Crippen LogP contribution is -2.03. The van der Waals surface area contributed by atoms with Gasteiger partial charge in [0.15, 0.2) is 5.82 Å². The number of hydrogen-bond acceptors (Lipinski definition) is 6. The van der Waals surface area contributed by atoms with Gasteiger partial charge in [-0.2, -0.15) is 10.1 Å². The summed E-state index contributed by atoms with van der Waals surface area (Å²) in [7, 11) is 1.63. The predicted molar refractivity (Wildman–Crippen MR) is 95.6 cm³/mol. The van der Waals surface area contributed by atoms with Crippen LogP contribution < -0.4 is 15.4 Å². The van der Waals surface area contributed by atoms with Crippen molar-refractivity contribution >= 4 is 34.7 Å². The van der Waals surface area contributed by atoms with Crippen molar-refractivity contribution in [1.82, 2.24) is 15.2 Å². The van der Waals surface area contributed by atoms with Gasteiger partial charge in [-0.25, -0.2) is 0 Å². The van der Waals surface area contributed by atoms with Crippen molar-refractivity contribution in [2.75, 3.05) is 17.7 Å². The second-order valence-electron chi connectivity index (χ2n) is 5.10. The van der Waals surface area contributed by atoms with Gasteiger partial charge in [-0.3, -0.25) is 0 Å². The van der Waals surface area contributed by atoms with E-state index in [9.17, 15) is 0 Å². The average Bonchev–Trinajstić information content (AvgIpc) is 2.58. The van der Waals surface area contributed by atoms with Crippen LogP contribution in [0.1, 0.15) is 5.56 Å². The zero-order chi connectivity index (χ0) is 16.9. The Bertz CT molecular complexity index is 839. The van der Waals surface area contributed by atoms with E-state index in [1.54, 1.807) is 13.3 Å². The zero-order valence-electron chi connectivity index (χ0n) is 13.2. The smallest absolute Gasteiger partial charge is 0.249 e. The minimum atomic E-state index is 0.402. The molecule has 0 aliphatic carbocycles. The van der Waals surface area contributed by atoms with Crippen molar-refractivity contribution in [2.45, 2.75) is 6.92 Å². The Kier molecular flexibility index (Phi) is 4.77. The van der Waals surface area contributed by atoms with Crippen molar-refractivity contribution in [3.8, 4) is 5.75 Å². The van der Waals surface area contributed by atoms with Crippen LogP contribution in [0.15, 0.2) is 48.7 Å². The quantitative estimate of drug-likeness (QED) is 0.719. The van der Waals surface area contributed by atoms with E-state index in [4.69, 9.17) is 16.3 Å². The van der Waals surface area contributed by atoms with Crippen LogP contribution in [0.2, 0.25) is 5.02 Å². The maximum Gasteiger partial charge on any atom is 0.249 e. The van der Waals surface area contributed by atoms with E-state index in [0.29, 0.717) is 16.8 Å². The molecule has 122 valence electrons. The van der Waals surface area contributed by atoms with E-state index in [0.717, 1.165) is 22.7 Å². The second kappa shape index (κ2) is 7.14.